The number of hydrogen-bond acceptors (Lipinski definition) is 0. The molecule has 3 aromatic rings. The van der Waals surface area contributed by atoms with Crippen molar-refractivity contribution < 1.29 is 0 Å². The van der Waals surface area contributed by atoms with Crippen LogP contribution in [-0.4, -0.2) is 0 Å². The maximum atomic E-state index is 5.51. The van der Waals surface area contributed by atoms with Gasteiger partial charge in [-0.3, -0.25) is 0 Å². The lowest BCUT2D eigenvalue weighted by molar-refractivity contribution is 0.666. The monoisotopic (exact) mass is 302 g/mol. The Labute approximate surface area is 142 Å². The lowest BCUT2D eigenvalue weighted by atomic mass is 9.53. The average molecular weight is 302 g/mol. The van der Waals surface area contributed by atoms with Crippen LogP contribution in [0.2, 0.25) is 0 Å². The van der Waals surface area contributed by atoms with Crippen molar-refractivity contribution in [1.29, 1.82) is 0 Å². The summed E-state index contributed by atoms with van der Waals surface area (Å²) in [6.45, 7) is 0. The zero-order chi connectivity index (χ0) is 16.1. The van der Waals surface area contributed by atoms with Gasteiger partial charge in [-0.2, -0.15) is 0 Å². The van der Waals surface area contributed by atoms with E-state index < -0.39 is 5.41 Å². The molecule has 0 aromatic heterocycles. The third-order valence-corrected chi connectivity index (χ3v) is 5.35. The largest absolute Gasteiger partial charge is 0.108 e. The zero-order valence-electron chi connectivity index (χ0n) is 13.1. The highest BCUT2D eigenvalue weighted by atomic mass is 14.5. The molecule has 0 aliphatic heterocycles. The Hall–Kier alpha value is -3.22. The number of terminal acetylenes is 1. The molecule has 24 heavy (non-hydrogen) atoms. The third-order valence-electron chi connectivity index (χ3n) is 5.35. The molecule has 0 heteroatoms. The van der Waals surface area contributed by atoms with Crippen molar-refractivity contribution in [3.8, 4) is 24.2 Å². The van der Waals surface area contributed by atoms with Crippen LogP contribution in [0.5, 0.6) is 0 Å². The summed E-state index contributed by atoms with van der Waals surface area (Å²) in [5.74, 6) is 9.19. The van der Waals surface area contributed by atoms with Gasteiger partial charge < -0.3 is 0 Å². The predicted molar refractivity (Wildman–Crippen MR) is 96.8 cm³/mol. The number of rotatable bonds is 0. The summed E-state index contributed by atoms with van der Waals surface area (Å²) in [6, 6.07) is 26.0. The van der Waals surface area contributed by atoms with Crippen molar-refractivity contribution in [3.05, 3.63) is 106 Å². The van der Waals surface area contributed by atoms with Gasteiger partial charge in [0, 0.05) is 5.92 Å². The van der Waals surface area contributed by atoms with Gasteiger partial charge >= 0.3 is 0 Å². The van der Waals surface area contributed by atoms with Crippen LogP contribution in [0, 0.1) is 24.2 Å². The van der Waals surface area contributed by atoms with Crippen LogP contribution in [-0.2, 0) is 5.41 Å². The molecule has 0 unspecified atom stereocenters. The van der Waals surface area contributed by atoms with E-state index in [1.165, 1.54) is 33.4 Å². The molecule has 0 heterocycles. The summed E-state index contributed by atoms with van der Waals surface area (Å²) in [4.78, 5) is 0. The van der Waals surface area contributed by atoms with Crippen molar-refractivity contribution >= 4 is 0 Å². The molecule has 0 fully saturated rings. The topological polar surface area (TPSA) is 0 Å². The smallest absolute Gasteiger partial charge is 0.106 e. The van der Waals surface area contributed by atoms with Crippen LogP contribution in [0.25, 0.3) is 0 Å². The van der Waals surface area contributed by atoms with E-state index in [1.54, 1.807) is 0 Å². The molecule has 0 radical (unpaired) electrons. The second kappa shape index (κ2) is 4.64. The van der Waals surface area contributed by atoms with E-state index in [9.17, 15) is 0 Å². The van der Waals surface area contributed by atoms with Crippen molar-refractivity contribution in [2.24, 2.45) is 0 Å². The van der Waals surface area contributed by atoms with E-state index in [2.05, 4.69) is 90.6 Å². The lowest BCUT2D eigenvalue weighted by Crippen LogP contribution is -2.41. The van der Waals surface area contributed by atoms with Gasteiger partial charge in [-0.15, -0.1) is 6.42 Å². The molecular weight excluding hydrogens is 288 g/mol. The molecule has 0 amide bonds. The Morgan fingerprint density at radius 3 is 1.50 bits per heavy atom. The molecule has 3 aromatic carbocycles. The maximum absolute atomic E-state index is 5.51. The van der Waals surface area contributed by atoms with Crippen LogP contribution in [0.15, 0.2) is 72.8 Å². The highest BCUT2D eigenvalue weighted by Crippen LogP contribution is 2.58. The minimum atomic E-state index is -0.467. The predicted octanol–water partition coefficient (Wildman–Crippen LogP) is 4.46. The van der Waals surface area contributed by atoms with E-state index in [0.29, 0.717) is 0 Å². The fraction of sp³-hybridized carbons (Fsp3) is 0.0833. The Morgan fingerprint density at radius 1 is 0.667 bits per heavy atom. The molecule has 6 rings (SSSR count). The molecule has 0 atom stereocenters. The van der Waals surface area contributed by atoms with Crippen molar-refractivity contribution in [3.63, 3.8) is 0 Å². The molecule has 0 saturated heterocycles. The second-order valence-electron chi connectivity index (χ2n) is 6.34. The van der Waals surface area contributed by atoms with Gasteiger partial charge in [0.05, 0.1) is 0 Å². The highest BCUT2D eigenvalue weighted by molar-refractivity contribution is 5.75. The van der Waals surface area contributed by atoms with Gasteiger partial charge in [-0.1, -0.05) is 78.7 Å². The summed E-state index contributed by atoms with van der Waals surface area (Å²) in [7, 11) is 0. The molecule has 3 aliphatic rings. The van der Waals surface area contributed by atoms with Crippen molar-refractivity contribution in [1.82, 2.24) is 0 Å². The quantitative estimate of drug-likeness (QED) is 0.538. The van der Waals surface area contributed by atoms with E-state index in [-0.39, 0.29) is 5.92 Å². The van der Waals surface area contributed by atoms with Crippen LogP contribution in [0.4, 0.5) is 0 Å². The normalized spacial score (nSPS) is 21.5. The fourth-order valence-electron chi connectivity index (χ4n) is 4.54. The molecule has 2 bridgehead atoms. The summed E-state index contributed by atoms with van der Waals surface area (Å²) >= 11 is 0. The molecular formula is C24H14. The van der Waals surface area contributed by atoms with Gasteiger partial charge in [0.2, 0.25) is 0 Å². The highest BCUT2D eigenvalue weighted by Gasteiger charge is 2.50. The third kappa shape index (κ3) is 1.41. The summed E-state index contributed by atoms with van der Waals surface area (Å²) in [5, 5.41) is 0. The number of benzene rings is 3. The molecule has 110 valence electrons. The Balaban J connectivity index is 2.02. The van der Waals surface area contributed by atoms with E-state index in [0.717, 1.165) is 0 Å². The first-order valence-electron chi connectivity index (χ1n) is 8.14. The molecule has 3 aliphatic carbocycles. The van der Waals surface area contributed by atoms with E-state index in [1.807, 2.05) is 0 Å². The first-order valence-corrected chi connectivity index (χ1v) is 8.14. The Kier molecular flexibility index (Phi) is 2.56. The number of hydrogen-bond donors (Lipinski definition) is 0. The maximum Gasteiger partial charge on any atom is 0.108 e. The Morgan fingerprint density at radius 2 is 1.08 bits per heavy atom. The lowest BCUT2D eigenvalue weighted by Gasteiger charge is -2.48. The zero-order valence-corrected chi connectivity index (χ0v) is 13.1. The minimum Gasteiger partial charge on any atom is -0.106 e. The molecule has 0 nitrogen and oxygen atoms in total. The SMILES string of the molecule is C#CC#CC12c3ccccc3C(c3ccccc31)c1ccccc12. The van der Waals surface area contributed by atoms with Gasteiger partial charge in [0.15, 0.2) is 0 Å². The van der Waals surface area contributed by atoms with Crippen molar-refractivity contribution in [2.75, 3.05) is 0 Å². The van der Waals surface area contributed by atoms with Crippen LogP contribution < -0.4 is 0 Å². The van der Waals surface area contributed by atoms with Crippen LogP contribution in [0.3, 0.4) is 0 Å². The minimum absolute atomic E-state index is 0.281. The summed E-state index contributed by atoms with van der Waals surface area (Å²) in [5.41, 5.74) is 7.40. The Bertz CT molecular complexity index is 967. The van der Waals surface area contributed by atoms with Gasteiger partial charge in [-0.05, 0) is 45.2 Å². The van der Waals surface area contributed by atoms with E-state index >= 15 is 0 Å². The van der Waals surface area contributed by atoms with Crippen LogP contribution in [0.1, 0.15) is 39.3 Å². The summed E-state index contributed by atoms with van der Waals surface area (Å²) in [6.07, 6.45) is 5.51. The molecule has 0 spiro atoms. The van der Waals surface area contributed by atoms with Gasteiger partial charge in [0.25, 0.3) is 0 Å². The van der Waals surface area contributed by atoms with Gasteiger partial charge in [0.1, 0.15) is 5.41 Å². The molecule has 0 N–H and O–H groups in total. The first kappa shape index (κ1) is 13.2. The van der Waals surface area contributed by atoms with Crippen LogP contribution >= 0.6 is 0 Å². The molecule has 0 saturated carbocycles. The average Bonchev–Trinajstić information content (AvgIpc) is 2.66. The van der Waals surface area contributed by atoms with Crippen molar-refractivity contribution in [2.45, 2.75) is 11.3 Å². The summed E-state index contributed by atoms with van der Waals surface area (Å²) < 4.78 is 0. The van der Waals surface area contributed by atoms with E-state index in [4.69, 9.17) is 6.42 Å². The first-order chi connectivity index (χ1) is 11.9. The second-order valence-corrected chi connectivity index (χ2v) is 6.34. The standard InChI is InChI=1S/C24H14/c1-2-3-16-24-20-13-7-4-10-17(20)23(18-11-5-8-14-21(18)24)19-12-6-9-15-22(19)24/h1,4-15,23H. The van der Waals surface area contributed by atoms with Gasteiger partial charge in [-0.25, -0.2) is 0 Å². The fourth-order valence-corrected chi connectivity index (χ4v) is 4.54.